The van der Waals surface area contributed by atoms with Crippen LogP contribution in [0.2, 0.25) is 0 Å². The molecule has 0 spiro atoms. The predicted molar refractivity (Wildman–Crippen MR) is 89.9 cm³/mol. The number of benzene rings is 1. The number of aliphatic imine (C=N–C) groups is 1. The lowest BCUT2D eigenvalue weighted by atomic mass is 9.95. The molecular formula is C18H27NO3. The van der Waals surface area contributed by atoms with Gasteiger partial charge in [-0.2, -0.15) is 0 Å². The average molecular weight is 305 g/mol. The third-order valence-corrected chi connectivity index (χ3v) is 3.53. The molecule has 0 bridgehead atoms. The van der Waals surface area contributed by atoms with Gasteiger partial charge in [-0.25, -0.2) is 4.79 Å². The number of aliphatic hydroxyl groups is 1. The highest BCUT2D eigenvalue weighted by Gasteiger charge is 2.13. The predicted octanol–water partition coefficient (Wildman–Crippen LogP) is 4.14. The van der Waals surface area contributed by atoms with Gasteiger partial charge in [0, 0.05) is 6.21 Å². The molecule has 0 saturated carbocycles. The Bertz CT molecular complexity index is 503. The fourth-order valence-electron chi connectivity index (χ4n) is 2.20. The van der Waals surface area contributed by atoms with Crippen LogP contribution < -0.4 is 0 Å². The smallest absolute Gasteiger partial charge is 0.340 e. The molecule has 0 unspecified atom stereocenters. The Morgan fingerprint density at radius 1 is 1.41 bits per heavy atom. The van der Waals surface area contributed by atoms with Gasteiger partial charge in [-0.3, -0.25) is 4.99 Å². The molecule has 1 N–H and O–H groups in total. The van der Waals surface area contributed by atoms with Crippen LogP contribution in [-0.2, 0) is 4.74 Å². The molecule has 0 aromatic heterocycles. The van der Waals surface area contributed by atoms with Gasteiger partial charge in [0.15, 0.2) is 0 Å². The maximum atomic E-state index is 11.6. The van der Waals surface area contributed by atoms with Crippen molar-refractivity contribution in [1.82, 2.24) is 0 Å². The van der Waals surface area contributed by atoms with Crippen LogP contribution in [0.1, 0.15) is 56.8 Å². The van der Waals surface area contributed by atoms with Gasteiger partial charge in [0.1, 0.15) is 0 Å². The fraction of sp³-hybridized carbons (Fsp3) is 0.556. The van der Waals surface area contributed by atoms with Crippen LogP contribution in [0.4, 0.5) is 5.69 Å². The molecule has 1 aromatic carbocycles. The summed E-state index contributed by atoms with van der Waals surface area (Å²) in [5.74, 6) is 0.127. The van der Waals surface area contributed by atoms with E-state index >= 15 is 0 Å². The number of ether oxygens (including phenoxy) is 1. The van der Waals surface area contributed by atoms with Gasteiger partial charge in [0.05, 0.1) is 24.0 Å². The van der Waals surface area contributed by atoms with Crippen LogP contribution in [0.15, 0.2) is 29.3 Å². The minimum atomic E-state index is -0.590. The molecule has 1 atom stereocenters. The third-order valence-electron chi connectivity index (χ3n) is 3.53. The van der Waals surface area contributed by atoms with E-state index in [-0.39, 0.29) is 5.97 Å². The molecule has 22 heavy (non-hydrogen) atoms. The number of carbonyl (C=O) groups excluding carboxylic acids is 1. The number of rotatable bonds is 8. The minimum absolute atomic E-state index is 0.369. The molecule has 1 aromatic rings. The van der Waals surface area contributed by atoms with Crippen molar-refractivity contribution >= 4 is 17.9 Å². The number of methoxy groups -OCH3 is 1. The van der Waals surface area contributed by atoms with Crippen molar-refractivity contribution in [3.8, 4) is 0 Å². The monoisotopic (exact) mass is 305 g/mol. The molecule has 122 valence electrons. The fourth-order valence-corrected chi connectivity index (χ4v) is 2.20. The second kappa shape index (κ2) is 8.69. The third kappa shape index (κ3) is 6.85. The second-order valence-electron chi connectivity index (χ2n) is 6.37. The summed E-state index contributed by atoms with van der Waals surface area (Å²) in [6, 6.07) is 7.17. The zero-order valence-electron chi connectivity index (χ0n) is 14.0. The lowest BCUT2D eigenvalue weighted by Gasteiger charge is -2.17. The summed E-state index contributed by atoms with van der Waals surface area (Å²) in [6.07, 6.45) is 5.56. The first kappa shape index (κ1) is 18.4. The molecule has 0 aliphatic heterocycles. The van der Waals surface area contributed by atoms with Gasteiger partial charge >= 0.3 is 5.97 Å². The summed E-state index contributed by atoms with van der Waals surface area (Å²) >= 11 is 0. The average Bonchev–Trinajstić information content (AvgIpc) is 2.45. The molecule has 4 nitrogen and oxygen atoms in total. The van der Waals surface area contributed by atoms with Crippen molar-refractivity contribution < 1.29 is 14.6 Å². The van der Waals surface area contributed by atoms with Gasteiger partial charge in [0.25, 0.3) is 0 Å². The highest BCUT2D eigenvalue weighted by Crippen LogP contribution is 2.20. The SMILES string of the molecule is COC(=O)c1ccccc1N=CC[C@@H](C)CCCC(C)(C)O. The lowest BCUT2D eigenvalue weighted by Crippen LogP contribution is -2.18. The minimum Gasteiger partial charge on any atom is -0.465 e. The Labute approximate surface area is 133 Å². The molecule has 0 radical (unpaired) electrons. The molecule has 0 heterocycles. The summed E-state index contributed by atoms with van der Waals surface area (Å²) in [5, 5.41) is 9.69. The Hall–Kier alpha value is -1.68. The van der Waals surface area contributed by atoms with E-state index in [0.29, 0.717) is 17.2 Å². The number of hydrogen-bond acceptors (Lipinski definition) is 4. The van der Waals surface area contributed by atoms with Crippen LogP contribution in [0, 0.1) is 5.92 Å². The molecule has 0 saturated heterocycles. The van der Waals surface area contributed by atoms with Crippen molar-refractivity contribution in [1.29, 1.82) is 0 Å². The number of esters is 1. The first-order valence-electron chi connectivity index (χ1n) is 7.75. The van der Waals surface area contributed by atoms with Gasteiger partial charge in [-0.1, -0.05) is 31.9 Å². The van der Waals surface area contributed by atoms with Crippen LogP contribution in [-0.4, -0.2) is 30.0 Å². The highest BCUT2D eigenvalue weighted by atomic mass is 16.5. The van der Waals surface area contributed by atoms with Crippen molar-refractivity contribution in [2.24, 2.45) is 10.9 Å². The highest BCUT2D eigenvalue weighted by molar-refractivity contribution is 5.95. The van der Waals surface area contributed by atoms with E-state index in [4.69, 9.17) is 4.74 Å². The summed E-state index contributed by atoms with van der Waals surface area (Å²) in [6.45, 7) is 5.84. The molecule has 0 aliphatic carbocycles. The summed E-state index contributed by atoms with van der Waals surface area (Å²) in [7, 11) is 1.37. The number of hydrogen-bond donors (Lipinski definition) is 1. The molecule has 0 fully saturated rings. The van der Waals surface area contributed by atoms with E-state index in [1.54, 1.807) is 12.1 Å². The van der Waals surface area contributed by atoms with Crippen molar-refractivity contribution in [2.45, 2.75) is 52.1 Å². The summed E-state index contributed by atoms with van der Waals surface area (Å²) in [4.78, 5) is 16.0. The van der Waals surface area contributed by atoms with E-state index in [1.807, 2.05) is 32.2 Å². The summed E-state index contributed by atoms with van der Waals surface area (Å²) < 4.78 is 4.75. The standard InChI is InChI=1S/C18H27NO3/c1-14(8-7-12-18(2,3)21)11-13-19-16-10-6-5-9-15(16)17(20)22-4/h5-6,9-10,13-14,21H,7-8,11-12H2,1-4H3/t14-/m0/s1. The first-order chi connectivity index (χ1) is 10.3. The first-order valence-corrected chi connectivity index (χ1v) is 7.75. The van der Waals surface area contributed by atoms with Crippen molar-refractivity contribution in [3.05, 3.63) is 29.8 Å². The van der Waals surface area contributed by atoms with Crippen molar-refractivity contribution in [3.63, 3.8) is 0 Å². The molecule has 0 aliphatic rings. The van der Waals surface area contributed by atoms with E-state index in [1.165, 1.54) is 7.11 Å². The maximum Gasteiger partial charge on any atom is 0.340 e. The van der Waals surface area contributed by atoms with Crippen LogP contribution in [0.5, 0.6) is 0 Å². The van der Waals surface area contributed by atoms with Crippen LogP contribution >= 0.6 is 0 Å². The van der Waals surface area contributed by atoms with E-state index in [0.717, 1.165) is 25.7 Å². The molecule has 4 heteroatoms. The Morgan fingerprint density at radius 2 is 2.09 bits per heavy atom. The Morgan fingerprint density at radius 3 is 2.73 bits per heavy atom. The number of para-hydroxylation sites is 1. The van der Waals surface area contributed by atoms with E-state index < -0.39 is 5.60 Å². The Kier molecular flexibility index (Phi) is 7.25. The Balaban J connectivity index is 2.50. The molecule has 0 amide bonds. The van der Waals surface area contributed by atoms with E-state index in [9.17, 15) is 9.90 Å². The zero-order valence-corrected chi connectivity index (χ0v) is 14.0. The number of nitrogens with zero attached hydrogens (tertiary/aromatic N) is 1. The summed E-state index contributed by atoms with van der Waals surface area (Å²) in [5.41, 5.74) is 0.529. The lowest BCUT2D eigenvalue weighted by molar-refractivity contribution is 0.0601. The maximum absolute atomic E-state index is 11.6. The topological polar surface area (TPSA) is 58.9 Å². The van der Waals surface area contributed by atoms with Gasteiger partial charge in [-0.05, 0) is 44.7 Å². The van der Waals surface area contributed by atoms with Crippen LogP contribution in [0.3, 0.4) is 0 Å². The van der Waals surface area contributed by atoms with Gasteiger partial charge in [-0.15, -0.1) is 0 Å². The zero-order chi connectivity index (χ0) is 16.6. The molecule has 1 rings (SSSR count). The van der Waals surface area contributed by atoms with E-state index in [2.05, 4.69) is 11.9 Å². The van der Waals surface area contributed by atoms with Crippen LogP contribution in [0.25, 0.3) is 0 Å². The number of carbonyl (C=O) groups is 1. The molecular weight excluding hydrogens is 278 g/mol. The quantitative estimate of drug-likeness (QED) is 0.580. The van der Waals surface area contributed by atoms with Crippen molar-refractivity contribution in [2.75, 3.05) is 7.11 Å². The second-order valence-corrected chi connectivity index (χ2v) is 6.37. The van der Waals surface area contributed by atoms with Gasteiger partial charge in [0.2, 0.25) is 0 Å². The largest absolute Gasteiger partial charge is 0.465 e. The van der Waals surface area contributed by atoms with Gasteiger partial charge < -0.3 is 9.84 Å². The normalized spacial score (nSPS) is 13.3.